The third-order valence-corrected chi connectivity index (χ3v) is 7.12. The minimum absolute atomic E-state index is 0.0678. The summed E-state index contributed by atoms with van der Waals surface area (Å²) < 4.78 is 1.51. The second kappa shape index (κ2) is 9.62. The third-order valence-electron chi connectivity index (χ3n) is 5.44. The van der Waals surface area contributed by atoms with E-state index in [1.54, 1.807) is 13.8 Å². The molecule has 2 aromatic rings. The molecule has 1 aliphatic carbocycles. The van der Waals surface area contributed by atoms with Crippen molar-refractivity contribution in [1.82, 2.24) is 8.61 Å². The summed E-state index contributed by atoms with van der Waals surface area (Å²) in [4.78, 5) is 72.5. The SMILES string of the molecule is CCSN1C(=O)C(=C2c3cc([N+](=O)[O-])ccc3-c3c2cc([N+](=O)[O-])cc3[N+](=O)[O-])C(=O)N(SCC)C1=O. The van der Waals surface area contributed by atoms with E-state index in [0.717, 1.165) is 56.8 Å². The molecule has 2 aromatic carbocycles. The first-order chi connectivity index (χ1) is 17.5. The lowest BCUT2D eigenvalue weighted by atomic mass is 9.95. The van der Waals surface area contributed by atoms with Gasteiger partial charge in [0.2, 0.25) is 0 Å². The molecule has 0 N–H and O–H groups in total. The Morgan fingerprint density at radius 1 is 0.703 bits per heavy atom. The molecule has 0 spiro atoms. The van der Waals surface area contributed by atoms with Crippen LogP contribution in [0.15, 0.2) is 35.9 Å². The van der Waals surface area contributed by atoms with Crippen molar-refractivity contribution in [3.05, 3.63) is 77.4 Å². The fraction of sp³-hybridized carbons (Fsp3) is 0.190. The second-order valence-corrected chi connectivity index (χ2v) is 9.86. The summed E-state index contributed by atoms with van der Waals surface area (Å²) in [5.74, 6) is -1.53. The molecule has 0 aromatic heterocycles. The maximum absolute atomic E-state index is 13.5. The van der Waals surface area contributed by atoms with Gasteiger partial charge in [-0.1, -0.05) is 13.8 Å². The lowest BCUT2D eigenvalue weighted by Gasteiger charge is -2.32. The summed E-state index contributed by atoms with van der Waals surface area (Å²) in [6.45, 7) is 3.34. The fourth-order valence-corrected chi connectivity index (χ4v) is 5.45. The van der Waals surface area contributed by atoms with E-state index in [0.29, 0.717) is 0 Å². The summed E-state index contributed by atoms with van der Waals surface area (Å²) >= 11 is 1.64. The van der Waals surface area contributed by atoms with Crippen LogP contribution in [0.5, 0.6) is 0 Å². The van der Waals surface area contributed by atoms with Gasteiger partial charge in [0, 0.05) is 40.8 Å². The van der Waals surface area contributed by atoms with Crippen molar-refractivity contribution in [2.75, 3.05) is 11.5 Å². The van der Waals surface area contributed by atoms with Gasteiger partial charge in [-0.15, -0.1) is 0 Å². The Morgan fingerprint density at radius 3 is 1.73 bits per heavy atom. The number of carbonyl (C=O) groups excluding carboxylic acids is 3. The lowest BCUT2D eigenvalue weighted by molar-refractivity contribution is -0.393. The number of urea groups is 1. The van der Waals surface area contributed by atoms with Gasteiger partial charge in [-0.25, -0.2) is 4.79 Å². The zero-order chi connectivity index (χ0) is 27.2. The number of non-ortho nitro benzene ring substituents is 2. The molecule has 14 nitrogen and oxygen atoms in total. The molecule has 0 bridgehead atoms. The number of hydrogen-bond donors (Lipinski definition) is 0. The van der Waals surface area contributed by atoms with Crippen LogP contribution < -0.4 is 0 Å². The van der Waals surface area contributed by atoms with Gasteiger partial charge >= 0.3 is 6.03 Å². The number of barbiturate groups is 1. The van der Waals surface area contributed by atoms with Crippen molar-refractivity contribution < 1.29 is 29.2 Å². The summed E-state index contributed by atoms with van der Waals surface area (Å²) in [5.41, 5.74) is -2.96. The highest BCUT2D eigenvalue weighted by Gasteiger charge is 2.47. The van der Waals surface area contributed by atoms with E-state index in [4.69, 9.17) is 0 Å². The summed E-state index contributed by atoms with van der Waals surface area (Å²) in [6.07, 6.45) is 0. The number of nitro benzene ring substituents is 3. The van der Waals surface area contributed by atoms with E-state index in [9.17, 15) is 44.7 Å². The Kier molecular flexibility index (Phi) is 6.70. The first kappa shape index (κ1) is 25.8. The molecule has 4 amide bonds. The number of nitro groups is 3. The van der Waals surface area contributed by atoms with E-state index in [1.165, 1.54) is 6.07 Å². The van der Waals surface area contributed by atoms with Gasteiger partial charge in [0.15, 0.2) is 0 Å². The molecule has 0 atom stereocenters. The first-order valence-electron chi connectivity index (χ1n) is 10.5. The average molecular weight is 546 g/mol. The number of rotatable bonds is 7. The van der Waals surface area contributed by atoms with Crippen LogP contribution in [0.2, 0.25) is 0 Å². The molecular weight excluding hydrogens is 530 g/mol. The Labute approximate surface area is 216 Å². The van der Waals surface area contributed by atoms with E-state index in [-0.39, 0.29) is 39.3 Å². The van der Waals surface area contributed by atoms with Gasteiger partial charge in [-0.3, -0.25) is 39.9 Å². The Balaban J connectivity index is 2.17. The zero-order valence-electron chi connectivity index (χ0n) is 19.0. The molecular formula is C21H15N5O9S2. The normalized spacial score (nSPS) is 14.7. The maximum atomic E-state index is 13.5. The highest BCUT2D eigenvalue weighted by Crippen LogP contribution is 2.53. The van der Waals surface area contributed by atoms with Crippen molar-refractivity contribution in [3.8, 4) is 11.1 Å². The quantitative estimate of drug-likeness (QED) is 0.135. The smallest absolute Gasteiger partial charge is 0.267 e. The number of amides is 4. The van der Waals surface area contributed by atoms with Crippen molar-refractivity contribution in [3.63, 3.8) is 0 Å². The van der Waals surface area contributed by atoms with Gasteiger partial charge in [0.05, 0.1) is 26.4 Å². The largest absolute Gasteiger partial charge is 0.354 e. The molecule has 1 heterocycles. The number of fused-ring (bicyclic) bond motifs is 3. The molecule has 190 valence electrons. The average Bonchev–Trinajstić information content (AvgIpc) is 3.17. The van der Waals surface area contributed by atoms with Crippen LogP contribution in [-0.4, -0.2) is 52.7 Å². The number of benzene rings is 2. The highest BCUT2D eigenvalue weighted by molar-refractivity contribution is 7.99. The van der Waals surface area contributed by atoms with Crippen LogP contribution >= 0.6 is 23.9 Å². The minimum Gasteiger partial charge on any atom is -0.267 e. The number of nitrogens with zero attached hydrogens (tertiary/aromatic N) is 5. The summed E-state index contributed by atoms with van der Waals surface area (Å²) in [7, 11) is 0. The molecule has 1 fully saturated rings. The predicted molar refractivity (Wildman–Crippen MR) is 133 cm³/mol. The minimum atomic E-state index is -1.04. The first-order valence-corrected chi connectivity index (χ1v) is 12.4. The fourth-order valence-electron chi connectivity index (χ4n) is 4.08. The third kappa shape index (κ3) is 4.09. The van der Waals surface area contributed by atoms with Crippen molar-refractivity contribution in [1.29, 1.82) is 0 Å². The van der Waals surface area contributed by atoms with Crippen molar-refractivity contribution >= 4 is 64.4 Å². The Hall–Kier alpha value is -4.31. The number of carbonyl (C=O) groups is 3. The maximum Gasteiger partial charge on any atom is 0.354 e. The van der Waals surface area contributed by atoms with Crippen LogP contribution in [-0.2, 0) is 9.59 Å². The van der Waals surface area contributed by atoms with Gasteiger partial charge in [-0.2, -0.15) is 8.61 Å². The molecule has 16 heteroatoms. The summed E-state index contributed by atoms with van der Waals surface area (Å²) in [6, 6.07) is 4.16. The van der Waals surface area contributed by atoms with Crippen molar-refractivity contribution in [2.45, 2.75) is 13.8 Å². The lowest BCUT2D eigenvalue weighted by Crippen LogP contribution is -2.51. The Morgan fingerprint density at radius 2 is 1.24 bits per heavy atom. The standard InChI is InChI=1S/C21H15N5O9S2/c1-3-36-22-19(27)18(20(28)23(21(22)29)37-4-2)17-13-7-10(24(30)31)5-6-12(13)16-14(17)8-11(25(32)33)9-15(16)26(34)35/h5-9H,3-4H2,1-2H3. The van der Waals surface area contributed by atoms with Crippen LogP contribution in [0.3, 0.4) is 0 Å². The molecule has 0 saturated carbocycles. The zero-order valence-corrected chi connectivity index (χ0v) is 20.7. The van der Waals surface area contributed by atoms with Crippen LogP contribution in [0, 0.1) is 30.3 Å². The predicted octanol–water partition coefficient (Wildman–Crippen LogP) is 4.32. The number of hydrogen-bond acceptors (Lipinski definition) is 11. The highest BCUT2D eigenvalue weighted by atomic mass is 32.2. The van der Waals surface area contributed by atoms with E-state index < -0.39 is 55.3 Å². The molecule has 1 saturated heterocycles. The molecule has 0 unspecified atom stereocenters. The Bertz CT molecular complexity index is 1440. The van der Waals surface area contributed by atoms with E-state index >= 15 is 0 Å². The van der Waals surface area contributed by atoms with Crippen LogP contribution in [0.25, 0.3) is 16.7 Å². The van der Waals surface area contributed by atoms with Gasteiger partial charge in [0.25, 0.3) is 28.9 Å². The van der Waals surface area contributed by atoms with Crippen LogP contribution in [0.4, 0.5) is 21.9 Å². The van der Waals surface area contributed by atoms with Gasteiger partial charge in [-0.05, 0) is 41.1 Å². The molecule has 1 aliphatic heterocycles. The summed E-state index contributed by atoms with van der Waals surface area (Å²) in [5, 5.41) is 35.0. The van der Waals surface area contributed by atoms with Crippen molar-refractivity contribution in [2.24, 2.45) is 0 Å². The second-order valence-electron chi connectivity index (χ2n) is 7.46. The molecule has 0 radical (unpaired) electrons. The molecule has 2 aliphatic rings. The number of imide groups is 2. The molecule has 37 heavy (non-hydrogen) atoms. The monoisotopic (exact) mass is 545 g/mol. The van der Waals surface area contributed by atoms with Gasteiger partial charge in [0.1, 0.15) is 5.57 Å². The molecule has 4 rings (SSSR count). The van der Waals surface area contributed by atoms with Gasteiger partial charge < -0.3 is 0 Å². The van der Waals surface area contributed by atoms with E-state index in [2.05, 4.69) is 0 Å². The van der Waals surface area contributed by atoms with E-state index in [1.807, 2.05) is 0 Å². The topological polar surface area (TPSA) is 187 Å². The van der Waals surface area contributed by atoms with Crippen LogP contribution in [0.1, 0.15) is 25.0 Å².